The summed E-state index contributed by atoms with van der Waals surface area (Å²) in [6.45, 7) is 3.45. The first-order chi connectivity index (χ1) is 8.38. The molecule has 0 saturated heterocycles. The van der Waals surface area contributed by atoms with Crippen molar-refractivity contribution in [1.29, 1.82) is 0 Å². The van der Waals surface area contributed by atoms with Crippen molar-refractivity contribution in [1.82, 2.24) is 5.32 Å². The molecular formula is C16H23N. The minimum absolute atomic E-state index is 0.785. The summed E-state index contributed by atoms with van der Waals surface area (Å²) in [5.74, 6) is 1.82. The van der Waals surface area contributed by atoms with Gasteiger partial charge in [0, 0.05) is 6.04 Å². The maximum absolute atomic E-state index is 3.76. The molecule has 1 saturated carbocycles. The second-order valence-corrected chi connectivity index (χ2v) is 5.73. The van der Waals surface area contributed by atoms with Crippen LogP contribution in [-0.4, -0.2) is 12.6 Å². The molecule has 17 heavy (non-hydrogen) atoms. The average molecular weight is 229 g/mol. The van der Waals surface area contributed by atoms with Crippen molar-refractivity contribution >= 4 is 0 Å². The number of nitrogens with one attached hydrogen (secondary N) is 1. The maximum atomic E-state index is 3.76. The summed E-state index contributed by atoms with van der Waals surface area (Å²) in [6, 6.07) is 9.76. The van der Waals surface area contributed by atoms with Gasteiger partial charge in [-0.05, 0) is 61.6 Å². The minimum atomic E-state index is 0.785. The molecule has 2 aliphatic carbocycles. The van der Waals surface area contributed by atoms with Gasteiger partial charge in [-0.1, -0.05) is 31.2 Å². The second kappa shape index (κ2) is 4.81. The molecule has 1 fully saturated rings. The van der Waals surface area contributed by atoms with Gasteiger partial charge >= 0.3 is 0 Å². The molecule has 0 radical (unpaired) electrons. The Morgan fingerprint density at radius 2 is 2.12 bits per heavy atom. The summed E-state index contributed by atoms with van der Waals surface area (Å²) in [5.41, 5.74) is 3.21. The molecule has 0 bridgehead atoms. The molecule has 1 heteroatoms. The Morgan fingerprint density at radius 1 is 1.29 bits per heavy atom. The number of hydrogen-bond acceptors (Lipinski definition) is 1. The van der Waals surface area contributed by atoms with Gasteiger partial charge < -0.3 is 5.32 Å². The summed E-state index contributed by atoms with van der Waals surface area (Å²) in [4.78, 5) is 0. The van der Waals surface area contributed by atoms with Crippen LogP contribution >= 0.6 is 0 Å². The lowest BCUT2D eigenvalue weighted by Gasteiger charge is -2.33. The van der Waals surface area contributed by atoms with Crippen LogP contribution < -0.4 is 5.32 Å². The van der Waals surface area contributed by atoms with Crippen LogP contribution in [0, 0.1) is 5.92 Å². The molecule has 0 heterocycles. The predicted octanol–water partition coefficient (Wildman–Crippen LogP) is 3.49. The molecule has 1 N–H and O–H groups in total. The van der Waals surface area contributed by atoms with E-state index in [2.05, 4.69) is 36.5 Å². The molecule has 0 spiro atoms. The molecule has 1 aromatic carbocycles. The molecule has 0 amide bonds. The van der Waals surface area contributed by atoms with Gasteiger partial charge in [0.25, 0.3) is 0 Å². The van der Waals surface area contributed by atoms with E-state index in [4.69, 9.17) is 0 Å². The highest BCUT2D eigenvalue weighted by molar-refractivity contribution is 5.40. The van der Waals surface area contributed by atoms with Gasteiger partial charge in [-0.25, -0.2) is 0 Å². The first-order valence-electron chi connectivity index (χ1n) is 7.19. The summed E-state index contributed by atoms with van der Waals surface area (Å²) in [6.07, 6.45) is 6.84. The molecule has 2 unspecified atom stereocenters. The maximum Gasteiger partial charge on any atom is 0.0101 e. The molecule has 92 valence electrons. The number of rotatable bonds is 6. The monoisotopic (exact) mass is 229 g/mol. The fraction of sp³-hybridized carbons (Fsp3) is 0.625. The van der Waals surface area contributed by atoms with Gasteiger partial charge in [0.05, 0.1) is 0 Å². The van der Waals surface area contributed by atoms with Crippen molar-refractivity contribution in [3.05, 3.63) is 35.4 Å². The lowest BCUT2D eigenvalue weighted by molar-refractivity contribution is 0.384. The van der Waals surface area contributed by atoms with Crippen LogP contribution in [0.15, 0.2) is 24.3 Å². The van der Waals surface area contributed by atoms with Crippen LogP contribution in [0.1, 0.15) is 49.7 Å². The molecular weight excluding hydrogens is 206 g/mol. The van der Waals surface area contributed by atoms with E-state index >= 15 is 0 Å². The van der Waals surface area contributed by atoms with Gasteiger partial charge in [-0.15, -0.1) is 0 Å². The van der Waals surface area contributed by atoms with Crippen LogP contribution in [0.3, 0.4) is 0 Å². The van der Waals surface area contributed by atoms with Crippen LogP contribution in [0.5, 0.6) is 0 Å². The highest BCUT2D eigenvalue weighted by atomic mass is 14.9. The van der Waals surface area contributed by atoms with E-state index in [0.29, 0.717) is 0 Å². The zero-order valence-electron chi connectivity index (χ0n) is 10.8. The van der Waals surface area contributed by atoms with Crippen LogP contribution in [0.25, 0.3) is 0 Å². The minimum Gasteiger partial charge on any atom is -0.314 e. The number of fused-ring (bicyclic) bond motifs is 1. The number of benzene rings is 1. The Bertz CT molecular complexity index is 381. The summed E-state index contributed by atoms with van der Waals surface area (Å²) in [7, 11) is 0. The van der Waals surface area contributed by atoms with E-state index in [-0.39, 0.29) is 0 Å². The lowest BCUT2D eigenvalue weighted by Crippen LogP contribution is -2.35. The van der Waals surface area contributed by atoms with Crippen molar-refractivity contribution in [2.24, 2.45) is 5.92 Å². The Kier molecular flexibility index (Phi) is 3.19. The highest BCUT2D eigenvalue weighted by Gasteiger charge is 2.35. The quantitative estimate of drug-likeness (QED) is 0.787. The zero-order valence-corrected chi connectivity index (χ0v) is 10.8. The van der Waals surface area contributed by atoms with E-state index in [9.17, 15) is 0 Å². The Hall–Kier alpha value is -0.820. The predicted molar refractivity (Wildman–Crippen MR) is 72.3 cm³/mol. The smallest absolute Gasteiger partial charge is 0.0101 e. The van der Waals surface area contributed by atoms with Gasteiger partial charge in [-0.3, -0.25) is 0 Å². The summed E-state index contributed by atoms with van der Waals surface area (Å²) in [5, 5.41) is 3.76. The molecule has 2 atom stereocenters. The van der Waals surface area contributed by atoms with E-state index in [1.807, 2.05) is 0 Å². The molecule has 0 aliphatic heterocycles. The van der Waals surface area contributed by atoms with E-state index in [1.54, 1.807) is 11.1 Å². The number of hydrogen-bond donors (Lipinski definition) is 1. The molecule has 1 nitrogen and oxygen atoms in total. The first kappa shape index (κ1) is 11.3. The van der Waals surface area contributed by atoms with Crippen molar-refractivity contribution < 1.29 is 0 Å². The summed E-state index contributed by atoms with van der Waals surface area (Å²) < 4.78 is 0. The highest BCUT2D eigenvalue weighted by Crippen LogP contribution is 2.42. The van der Waals surface area contributed by atoms with Crippen molar-refractivity contribution in [3.63, 3.8) is 0 Å². The normalized spacial score (nSPS) is 23.9. The van der Waals surface area contributed by atoms with Crippen LogP contribution in [0.2, 0.25) is 0 Å². The third-order valence-electron chi connectivity index (χ3n) is 4.35. The van der Waals surface area contributed by atoms with Crippen LogP contribution in [0.4, 0.5) is 0 Å². The van der Waals surface area contributed by atoms with Gasteiger partial charge in [0.15, 0.2) is 0 Å². The van der Waals surface area contributed by atoms with Crippen molar-refractivity contribution in [2.45, 2.75) is 51.0 Å². The lowest BCUT2D eigenvalue weighted by atomic mass is 9.74. The second-order valence-electron chi connectivity index (χ2n) is 5.73. The first-order valence-corrected chi connectivity index (χ1v) is 7.19. The van der Waals surface area contributed by atoms with E-state index in [0.717, 1.165) is 17.9 Å². The average Bonchev–Trinajstić information content (AvgIpc) is 3.14. The van der Waals surface area contributed by atoms with Gasteiger partial charge in [0.1, 0.15) is 0 Å². The largest absolute Gasteiger partial charge is 0.314 e. The fourth-order valence-corrected chi connectivity index (χ4v) is 3.15. The molecule has 1 aromatic rings. The van der Waals surface area contributed by atoms with Crippen molar-refractivity contribution in [3.8, 4) is 0 Å². The standard InChI is InChI=1S/C16H23N/c1-2-9-17-16(12-7-8-12)11-14-10-13-5-3-4-6-15(13)14/h3-6,12,14,16-17H,2,7-11H2,1H3. The molecule has 0 aromatic heterocycles. The topological polar surface area (TPSA) is 12.0 Å². The van der Waals surface area contributed by atoms with Gasteiger partial charge in [0.2, 0.25) is 0 Å². The molecule has 2 aliphatic rings. The van der Waals surface area contributed by atoms with Crippen molar-refractivity contribution in [2.75, 3.05) is 6.54 Å². The SMILES string of the molecule is CCCNC(CC1Cc2ccccc21)C1CC1. The molecule has 3 rings (SSSR count). The van der Waals surface area contributed by atoms with E-state index in [1.165, 1.54) is 38.6 Å². The Balaban J connectivity index is 1.59. The Labute approximate surface area is 105 Å². The summed E-state index contributed by atoms with van der Waals surface area (Å²) >= 11 is 0. The Morgan fingerprint density at radius 3 is 2.82 bits per heavy atom. The van der Waals surface area contributed by atoms with E-state index < -0.39 is 0 Å². The zero-order chi connectivity index (χ0) is 11.7. The third-order valence-corrected chi connectivity index (χ3v) is 4.35. The van der Waals surface area contributed by atoms with Gasteiger partial charge in [-0.2, -0.15) is 0 Å². The fourth-order valence-electron chi connectivity index (χ4n) is 3.15. The third kappa shape index (κ3) is 2.40. The van der Waals surface area contributed by atoms with Crippen LogP contribution in [-0.2, 0) is 6.42 Å².